The summed E-state index contributed by atoms with van der Waals surface area (Å²) in [6.07, 6.45) is 1.80. The van der Waals surface area contributed by atoms with Gasteiger partial charge in [-0.3, -0.25) is 29.3 Å². The zero-order chi connectivity index (χ0) is 32.3. The molecular weight excluding hydrogens is 554 g/mol. The summed E-state index contributed by atoms with van der Waals surface area (Å²) in [6, 6.07) is 2.85. The number of methoxy groups -OCH3 is 1. The van der Waals surface area contributed by atoms with E-state index in [4.69, 9.17) is 4.42 Å². The predicted molar refractivity (Wildman–Crippen MR) is 159 cm³/mol. The van der Waals surface area contributed by atoms with E-state index in [0.717, 1.165) is 12.0 Å². The minimum absolute atomic E-state index is 0.107. The molecule has 0 spiro atoms. The number of nitrogens with one attached hydrogen (secondary N) is 2. The second kappa shape index (κ2) is 12.8. The van der Waals surface area contributed by atoms with E-state index >= 15 is 0 Å². The van der Waals surface area contributed by atoms with Crippen LogP contribution in [0.1, 0.15) is 94.7 Å². The lowest BCUT2D eigenvalue weighted by atomic mass is 9.88. The summed E-state index contributed by atoms with van der Waals surface area (Å²) in [5.74, 6) is -1.24. The first-order valence-electron chi connectivity index (χ1n) is 14.1. The second-order valence-corrected chi connectivity index (χ2v) is 12.2. The fourth-order valence-corrected chi connectivity index (χ4v) is 4.40. The number of aryl methyl sites for hydroxylation is 2. The normalized spacial score (nSPS) is 12.6. The van der Waals surface area contributed by atoms with Gasteiger partial charge in [-0.25, -0.2) is 9.78 Å². The molecule has 0 aromatic carbocycles. The molecule has 0 saturated heterocycles. The smallest absolute Gasteiger partial charge is 0.411 e. The van der Waals surface area contributed by atoms with Crippen molar-refractivity contribution in [2.24, 2.45) is 5.92 Å². The van der Waals surface area contributed by atoms with E-state index in [-0.39, 0.29) is 29.1 Å². The Morgan fingerprint density at radius 2 is 1.77 bits per heavy atom. The highest BCUT2D eigenvalue weighted by atomic mass is 16.5. The number of hydrogen-bond acceptors (Lipinski definition) is 10. The molecule has 13 nitrogen and oxygen atoms in total. The standard InChI is InChI=1S/C30H41N7O6/c1-11-18-12-13-19(31-14-18)30(8,9)27-36-35-24(43-27)23(39)21(16(2)3)33-20(38)15-37-25(40)22(34-28(41)42-10)17(4)32-26(37)29(5,6)7/h12-14,16,21H,11,15H2,1-10H3,(H,33,38)(H,34,41)/t21-/m0/s1. The first kappa shape index (κ1) is 33.1. The van der Waals surface area contributed by atoms with Crippen LogP contribution in [-0.2, 0) is 33.3 Å². The van der Waals surface area contributed by atoms with Gasteiger partial charge in [0.1, 0.15) is 18.1 Å². The van der Waals surface area contributed by atoms with E-state index in [9.17, 15) is 19.2 Å². The molecule has 43 heavy (non-hydrogen) atoms. The number of ketones is 1. The van der Waals surface area contributed by atoms with Gasteiger partial charge in [-0.2, -0.15) is 0 Å². The number of carbonyl (C=O) groups is 3. The van der Waals surface area contributed by atoms with Gasteiger partial charge in [0, 0.05) is 11.6 Å². The van der Waals surface area contributed by atoms with Crippen molar-refractivity contribution in [3.8, 4) is 0 Å². The van der Waals surface area contributed by atoms with Crippen LogP contribution >= 0.6 is 0 Å². The van der Waals surface area contributed by atoms with Gasteiger partial charge >= 0.3 is 6.09 Å². The molecule has 2 N–H and O–H groups in total. The van der Waals surface area contributed by atoms with Crippen molar-refractivity contribution in [1.29, 1.82) is 0 Å². The van der Waals surface area contributed by atoms with Crippen LogP contribution < -0.4 is 16.2 Å². The Morgan fingerprint density at radius 3 is 2.30 bits per heavy atom. The maximum atomic E-state index is 13.5. The molecule has 0 aliphatic heterocycles. The minimum atomic E-state index is -1.02. The van der Waals surface area contributed by atoms with Gasteiger partial charge in [0.25, 0.3) is 11.4 Å². The number of pyridine rings is 1. The molecule has 1 atom stereocenters. The molecule has 0 saturated carbocycles. The molecule has 0 radical (unpaired) electrons. The van der Waals surface area contributed by atoms with E-state index in [1.54, 1.807) is 27.0 Å². The van der Waals surface area contributed by atoms with E-state index in [1.807, 2.05) is 53.7 Å². The van der Waals surface area contributed by atoms with Crippen LogP contribution in [0.3, 0.4) is 0 Å². The summed E-state index contributed by atoms with van der Waals surface area (Å²) < 4.78 is 11.6. The van der Waals surface area contributed by atoms with Gasteiger partial charge in [-0.1, -0.05) is 47.6 Å². The van der Waals surface area contributed by atoms with Gasteiger partial charge in [-0.15, -0.1) is 10.2 Å². The van der Waals surface area contributed by atoms with Crippen molar-refractivity contribution in [1.82, 2.24) is 30.0 Å². The van der Waals surface area contributed by atoms with Gasteiger partial charge < -0.3 is 14.5 Å². The Bertz CT molecular complexity index is 1550. The SMILES string of the molecule is CCc1ccc(C(C)(C)c2nnc(C(=O)[C@@H](NC(=O)Cn3c(C(C)(C)C)nc(C)c(NC(=O)OC)c3=O)C(C)C)o2)nc1. The molecule has 3 aromatic heterocycles. The molecule has 0 bridgehead atoms. The number of aromatic nitrogens is 5. The lowest BCUT2D eigenvalue weighted by Crippen LogP contribution is -2.47. The van der Waals surface area contributed by atoms with Gasteiger partial charge in [-0.05, 0) is 44.7 Å². The molecule has 0 unspecified atom stereocenters. The first-order valence-corrected chi connectivity index (χ1v) is 14.1. The third-order valence-corrected chi connectivity index (χ3v) is 7.04. The highest BCUT2D eigenvalue weighted by Crippen LogP contribution is 2.29. The van der Waals surface area contributed by atoms with Crippen molar-refractivity contribution in [2.45, 2.75) is 92.2 Å². The molecule has 2 amide bonds. The number of Topliss-reactive ketones (excluding diaryl/α,β-unsaturated/α-hetero) is 1. The van der Waals surface area contributed by atoms with Crippen LogP contribution in [-0.4, -0.2) is 55.7 Å². The topological polar surface area (TPSA) is 171 Å². The molecule has 3 rings (SSSR count). The average molecular weight is 596 g/mol. The van der Waals surface area contributed by atoms with Crippen LogP contribution in [0, 0.1) is 12.8 Å². The molecule has 0 aliphatic carbocycles. The zero-order valence-corrected chi connectivity index (χ0v) is 26.5. The summed E-state index contributed by atoms with van der Waals surface area (Å²) >= 11 is 0. The zero-order valence-electron chi connectivity index (χ0n) is 26.5. The number of amides is 2. The maximum absolute atomic E-state index is 13.5. The van der Waals surface area contributed by atoms with Crippen LogP contribution in [0.15, 0.2) is 27.5 Å². The van der Waals surface area contributed by atoms with E-state index in [1.165, 1.54) is 11.7 Å². The average Bonchev–Trinajstić information content (AvgIpc) is 3.45. The molecular formula is C30H41N7O6. The molecule has 13 heteroatoms. The van der Waals surface area contributed by atoms with Crippen LogP contribution in [0.4, 0.5) is 10.5 Å². The predicted octanol–water partition coefficient (Wildman–Crippen LogP) is 3.72. The number of carbonyl (C=O) groups excluding carboxylic acids is 3. The summed E-state index contributed by atoms with van der Waals surface area (Å²) in [7, 11) is 1.17. The van der Waals surface area contributed by atoms with Crippen LogP contribution in [0.5, 0.6) is 0 Å². The maximum Gasteiger partial charge on any atom is 0.411 e. The van der Waals surface area contributed by atoms with E-state index in [2.05, 4.69) is 35.5 Å². The Labute approximate surface area is 250 Å². The van der Waals surface area contributed by atoms with Crippen LogP contribution in [0.2, 0.25) is 0 Å². The molecule has 3 aromatic rings. The third-order valence-electron chi connectivity index (χ3n) is 7.04. The minimum Gasteiger partial charge on any atom is -0.453 e. The fraction of sp³-hybridized carbons (Fsp3) is 0.533. The Balaban J connectivity index is 1.89. The molecule has 232 valence electrons. The molecule has 0 aliphatic rings. The monoisotopic (exact) mass is 595 g/mol. The second-order valence-electron chi connectivity index (χ2n) is 12.2. The summed E-state index contributed by atoms with van der Waals surface area (Å²) in [5, 5.41) is 13.2. The number of anilines is 1. The highest BCUT2D eigenvalue weighted by Gasteiger charge is 2.35. The Hall–Kier alpha value is -4.42. The van der Waals surface area contributed by atoms with Gasteiger partial charge in [0.2, 0.25) is 17.6 Å². The van der Waals surface area contributed by atoms with E-state index < -0.39 is 46.8 Å². The van der Waals surface area contributed by atoms with Crippen molar-refractivity contribution in [3.05, 3.63) is 63.2 Å². The summed E-state index contributed by atoms with van der Waals surface area (Å²) in [5.41, 5.74) is -0.0649. The summed E-state index contributed by atoms with van der Waals surface area (Å²) in [6.45, 7) is 16.0. The van der Waals surface area contributed by atoms with Crippen molar-refractivity contribution in [2.75, 3.05) is 12.4 Å². The number of nitrogens with zero attached hydrogens (tertiary/aromatic N) is 5. The number of rotatable bonds is 10. The lowest BCUT2D eigenvalue weighted by molar-refractivity contribution is -0.122. The lowest BCUT2D eigenvalue weighted by Gasteiger charge is -2.25. The Morgan fingerprint density at radius 1 is 1.09 bits per heavy atom. The van der Waals surface area contributed by atoms with E-state index in [0.29, 0.717) is 11.5 Å². The van der Waals surface area contributed by atoms with Crippen molar-refractivity contribution < 1.29 is 23.5 Å². The summed E-state index contributed by atoms with van der Waals surface area (Å²) in [4.78, 5) is 61.2. The largest absolute Gasteiger partial charge is 0.453 e. The van der Waals surface area contributed by atoms with Gasteiger partial charge in [0.05, 0.1) is 30.0 Å². The molecule has 3 heterocycles. The highest BCUT2D eigenvalue weighted by molar-refractivity contribution is 5.98. The first-order chi connectivity index (χ1) is 20.0. The number of ether oxygens (including phenoxy) is 1. The number of hydrogen-bond donors (Lipinski definition) is 2. The Kier molecular flexibility index (Phi) is 9.88. The quantitative estimate of drug-likeness (QED) is 0.329. The van der Waals surface area contributed by atoms with Crippen LogP contribution in [0.25, 0.3) is 0 Å². The third kappa shape index (κ3) is 7.33. The van der Waals surface area contributed by atoms with Crippen molar-refractivity contribution in [3.63, 3.8) is 0 Å². The van der Waals surface area contributed by atoms with Crippen molar-refractivity contribution >= 4 is 23.5 Å². The molecule has 0 fully saturated rings. The van der Waals surface area contributed by atoms with Gasteiger partial charge in [0.15, 0.2) is 0 Å². The fourth-order valence-electron chi connectivity index (χ4n) is 4.40.